The lowest BCUT2D eigenvalue weighted by Crippen LogP contribution is -2.15. The van der Waals surface area contributed by atoms with Gasteiger partial charge in [0.25, 0.3) is 0 Å². The maximum Gasteiger partial charge on any atom is 0.234 e. The van der Waals surface area contributed by atoms with E-state index in [0.717, 1.165) is 16.6 Å². The van der Waals surface area contributed by atoms with Crippen molar-refractivity contribution in [3.8, 4) is 11.3 Å². The number of carbonyl (C=O) groups is 1. The molecule has 1 N–H and O–H groups in total. The second-order valence-corrected chi connectivity index (χ2v) is 5.91. The molecule has 26 heavy (non-hydrogen) atoms. The van der Waals surface area contributed by atoms with E-state index in [2.05, 4.69) is 44.8 Å². The van der Waals surface area contributed by atoms with Crippen molar-refractivity contribution >= 4 is 22.5 Å². The lowest BCUT2D eigenvalue weighted by Gasteiger charge is -2.07. The van der Waals surface area contributed by atoms with Crippen molar-refractivity contribution in [2.24, 2.45) is 0 Å². The van der Waals surface area contributed by atoms with Crippen LogP contribution in [0.4, 0.5) is 5.82 Å². The first-order valence-corrected chi connectivity index (χ1v) is 8.22. The molecule has 0 aliphatic carbocycles. The summed E-state index contributed by atoms with van der Waals surface area (Å²) in [6.45, 7) is 1.68. The Morgan fingerprint density at radius 3 is 2.65 bits per heavy atom. The molecule has 4 rings (SSSR count). The maximum absolute atomic E-state index is 12.1. The Morgan fingerprint density at radius 1 is 1.00 bits per heavy atom. The van der Waals surface area contributed by atoms with Gasteiger partial charge in [-0.25, -0.2) is 4.98 Å². The number of aryl methyl sites for hydroxylation is 1. The summed E-state index contributed by atoms with van der Waals surface area (Å²) in [5.41, 5.74) is 1.79. The van der Waals surface area contributed by atoms with E-state index in [1.165, 1.54) is 5.39 Å². The Labute approximate surface area is 149 Å². The van der Waals surface area contributed by atoms with Gasteiger partial charge in [-0.3, -0.25) is 4.79 Å². The van der Waals surface area contributed by atoms with Crippen molar-refractivity contribution in [1.29, 1.82) is 0 Å². The summed E-state index contributed by atoms with van der Waals surface area (Å²) in [4.78, 5) is 16.7. The number of rotatable bonds is 4. The Kier molecular flexibility index (Phi) is 4.15. The molecule has 128 valence electrons. The van der Waals surface area contributed by atoms with Gasteiger partial charge in [0.2, 0.25) is 17.7 Å². The highest BCUT2D eigenvalue weighted by Gasteiger charge is 2.11. The fourth-order valence-electron chi connectivity index (χ4n) is 2.75. The van der Waals surface area contributed by atoms with Crippen molar-refractivity contribution in [3.63, 3.8) is 0 Å². The smallest absolute Gasteiger partial charge is 0.234 e. The molecular formula is C20H16N4O2. The number of anilines is 1. The van der Waals surface area contributed by atoms with Crippen LogP contribution in [0.2, 0.25) is 0 Å². The largest absolute Gasteiger partial charge is 0.425 e. The zero-order chi connectivity index (χ0) is 17.9. The standard InChI is InChI=1S/C20H16N4O2/c1-13-23-24-20(26-13)12-19(25)22-18-8-4-7-17(21-18)16-10-9-14-5-2-3-6-15(14)11-16/h2-11H,12H2,1H3,(H,21,22,25). The van der Waals surface area contributed by atoms with E-state index >= 15 is 0 Å². The van der Waals surface area contributed by atoms with Crippen LogP contribution in [0.3, 0.4) is 0 Å². The number of aromatic nitrogens is 3. The van der Waals surface area contributed by atoms with Crippen LogP contribution in [0, 0.1) is 6.92 Å². The molecule has 0 radical (unpaired) electrons. The molecule has 0 unspecified atom stereocenters. The summed E-state index contributed by atoms with van der Waals surface area (Å²) in [5, 5.41) is 12.6. The lowest BCUT2D eigenvalue weighted by atomic mass is 10.0. The molecule has 0 spiro atoms. The number of nitrogens with one attached hydrogen (secondary N) is 1. The zero-order valence-corrected chi connectivity index (χ0v) is 14.1. The van der Waals surface area contributed by atoms with Crippen LogP contribution in [-0.2, 0) is 11.2 Å². The predicted octanol–water partition coefficient (Wildman–Crippen LogP) is 3.77. The molecule has 0 aliphatic heterocycles. The number of carbonyl (C=O) groups excluding carboxylic acids is 1. The number of amides is 1. The minimum Gasteiger partial charge on any atom is -0.425 e. The molecule has 6 nitrogen and oxygen atoms in total. The van der Waals surface area contributed by atoms with Gasteiger partial charge in [0, 0.05) is 12.5 Å². The molecule has 0 bridgehead atoms. The quantitative estimate of drug-likeness (QED) is 0.609. The van der Waals surface area contributed by atoms with Crippen LogP contribution in [0.5, 0.6) is 0 Å². The molecule has 0 saturated carbocycles. The minimum absolute atomic E-state index is 0.0166. The summed E-state index contributed by atoms with van der Waals surface area (Å²) < 4.78 is 5.22. The molecule has 0 fully saturated rings. The summed E-state index contributed by atoms with van der Waals surface area (Å²) in [6.07, 6.45) is 0.0166. The topological polar surface area (TPSA) is 80.9 Å². The lowest BCUT2D eigenvalue weighted by molar-refractivity contribution is -0.115. The Hall–Kier alpha value is -3.54. The third-order valence-electron chi connectivity index (χ3n) is 3.94. The van der Waals surface area contributed by atoms with Crippen LogP contribution >= 0.6 is 0 Å². The fraction of sp³-hybridized carbons (Fsp3) is 0.100. The van der Waals surface area contributed by atoms with Gasteiger partial charge >= 0.3 is 0 Å². The Morgan fingerprint density at radius 2 is 1.85 bits per heavy atom. The Balaban J connectivity index is 1.54. The highest BCUT2D eigenvalue weighted by Crippen LogP contribution is 2.24. The van der Waals surface area contributed by atoms with Crippen molar-refractivity contribution in [1.82, 2.24) is 15.2 Å². The van der Waals surface area contributed by atoms with Crippen molar-refractivity contribution in [3.05, 3.63) is 72.4 Å². The summed E-state index contributed by atoms with van der Waals surface area (Å²) in [5.74, 6) is 0.948. The van der Waals surface area contributed by atoms with Gasteiger partial charge in [-0.1, -0.05) is 42.5 Å². The van der Waals surface area contributed by atoms with Crippen molar-refractivity contribution < 1.29 is 9.21 Å². The number of benzene rings is 2. The maximum atomic E-state index is 12.1. The van der Waals surface area contributed by atoms with Crippen LogP contribution in [0.25, 0.3) is 22.0 Å². The average Bonchev–Trinajstić information content (AvgIpc) is 3.06. The van der Waals surface area contributed by atoms with Crippen LogP contribution < -0.4 is 5.32 Å². The second kappa shape index (κ2) is 6.76. The van der Waals surface area contributed by atoms with Crippen molar-refractivity contribution in [2.75, 3.05) is 5.32 Å². The SMILES string of the molecule is Cc1nnc(CC(=O)Nc2cccc(-c3ccc4ccccc4c3)n2)o1. The van der Waals surface area contributed by atoms with Gasteiger partial charge in [-0.15, -0.1) is 10.2 Å². The number of hydrogen-bond acceptors (Lipinski definition) is 5. The summed E-state index contributed by atoms with van der Waals surface area (Å²) >= 11 is 0. The zero-order valence-electron chi connectivity index (χ0n) is 14.1. The first-order chi connectivity index (χ1) is 12.7. The number of pyridine rings is 1. The molecule has 6 heteroatoms. The second-order valence-electron chi connectivity index (χ2n) is 5.91. The fourth-order valence-corrected chi connectivity index (χ4v) is 2.75. The van der Waals surface area contributed by atoms with E-state index in [-0.39, 0.29) is 18.2 Å². The Bertz CT molecular complexity index is 1090. The van der Waals surface area contributed by atoms with Crippen molar-refractivity contribution in [2.45, 2.75) is 13.3 Å². The van der Waals surface area contributed by atoms with Gasteiger partial charge < -0.3 is 9.73 Å². The minimum atomic E-state index is -0.253. The number of fused-ring (bicyclic) bond motifs is 1. The molecule has 2 heterocycles. The van der Waals surface area contributed by atoms with Gasteiger partial charge in [-0.2, -0.15) is 0 Å². The van der Waals surface area contributed by atoms with E-state index in [9.17, 15) is 4.79 Å². The molecule has 2 aromatic carbocycles. The first kappa shape index (κ1) is 16.0. The molecular weight excluding hydrogens is 328 g/mol. The van der Waals surface area contributed by atoms with E-state index in [0.29, 0.717) is 11.7 Å². The van der Waals surface area contributed by atoms with E-state index < -0.39 is 0 Å². The first-order valence-electron chi connectivity index (χ1n) is 8.22. The third kappa shape index (κ3) is 3.44. The van der Waals surface area contributed by atoms with Crippen LogP contribution in [0.15, 0.2) is 65.1 Å². The summed E-state index contributed by atoms with van der Waals surface area (Å²) in [6, 6.07) is 19.9. The van der Waals surface area contributed by atoms with Gasteiger partial charge in [0.1, 0.15) is 12.2 Å². The molecule has 0 atom stereocenters. The molecule has 4 aromatic rings. The van der Waals surface area contributed by atoms with E-state index in [1.54, 1.807) is 13.0 Å². The normalized spacial score (nSPS) is 10.8. The number of hydrogen-bond donors (Lipinski definition) is 1. The molecule has 0 aliphatic rings. The average molecular weight is 344 g/mol. The van der Waals surface area contributed by atoms with Crippen LogP contribution in [-0.4, -0.2) is 21.1 Å². The highest BCUT2D eigenvalue weighted by atomic mass is 16.4. The molecule has 1 amide bonds. The van der Waals surface area contributed by atoms with E-state index in [1.807, 2.05) is 30.3 Å². The van der Waals surface area contributed by atoms with Gasteiger partial charge in [0.15, 0.2) is 0 Å². The van der Waals surface area contributed by atoms with E-state index in [4.69, 9.17) is 4.42 Å². The predicted molar refractivity (Wildman–Crippen MR) is 98.5 cm³/mol. The third-order valence-corrected chi connectivity index (χ3v) is 3.94. The highest BCUT2D eigenvalue weighted by molar-refractivity contribution is 5.91. The number of nitrogens with zero attached hydrogens (tertiary/aromatic N) is 3. The van der Waals surface area contributed by atoms with Crippen LogP contribution in [0.1, 0.15) is 11.8 Å². The van der Waals surface area contributed by atoms with Gasteiger partial charge in [0.05, 0.1) is 5.69 Å². The monoisotopic (exact) mass is 344 g/mol. The summed E-state index contributed by atoms with van der Waals surface area (Å²) in [7, 11) is 0. The molecule has 2 aromatic heterocycles. The molecule has 0 saturated heterocycles. The van der Waals surface area contributed by atoms with Gasteiger partial charge in [-0.05, 0) is 29.0 Å².